The van der Waals surface area contributed by atoms with Crippen molar-refractivity contribution in [3.05, 3.63) is 0 Å². The lowest BCUT2D eigenvalue weighted by atomic mass is 9.99. The van der Waals surface area contributed by atoms with Crippen LogP contribution >= 0.6 is 0 Å². The van der Waals surface area contributed by atoms with Gasteiger partial charge < -0.3 is 15.5 Å². The first-order chi connectivity index (χ1) is 8.93. The number of likely N-dealkylation sites (N-methyl/N-ethyl adjacent to an activating group) is 2. The van der Waals surface area contributed by atoms with Gasteiger partial charge in [-0.1, -0.05) is 0 Å². The van der Waals surface area contributed by atoms with Crippen LogP contribution in [0, 0.1) is 0 Å². The van der Waals surface area contributed by atoms with E-state index in [1.807, 2.05) is 20.8 Å². The Hall–Kier alpha value is -1.14. The van der Waals surface area contributed by atoms with Crippen molar-refractivity contribution in [3.63, 3.8) is 0 Å². The quantitative estimate of drug-likeness (QED) is 0.691. The highest BCUT2D eigenvalue weighted by Crippen LogP contribution is 2.18. The maximum Gasteiger partial charge on any atom is 0.242 e. The van der Waals surface area contributed by atoms with Crippen molar-refractivity contribution in [2.75, 3.05) is 46.3 Å². The van der Waals surface area contributed by atoms with Crippen LogP contribution in [0.25, 0.3) is 0 Å². The van der Waals surface area contributed by atoms with Gasteiger partial charge in [0.05, 0.1) is 12.1 Å². The lowest BCUT2D eigenvalue weighted by Crippen LogP contribution is -2.61. The second-order valence-corrected chi connectivity index (χ2v) is 5.29. The topological polar surface area (TPSA) is 64.7 Å². The standard InChI is InChI=1S/C13H26N4O2/c1-5-16(10-11(18)14-4)12(19)13(2,3)17-8-6-15-7-9-17/h15H,5-10H2,1-4H3,(H,14,18). The third-order valence-corrected chi connectivity index (χ3v) is 3.71. The number of nitrogens with one attached hydrogen (secondary N) is 2. The second-order valence-electron chi connectivity index (χ2n) is 5.29. The minimum absolute atomic E-state index is 0.0144. The molecule has 0 radical (unpaired) electrons. The summed E-state index contributed by atoms with van der Waals surface area (Å²) in [5.74, 6) is -0.119. The predicted molar refractivity (Wildman–Crippen MR) is 74.8 cm³/mol. The van der Waals surface area contributed by atoms with Gasteiger partial charge in [-0.2, -0.15) is 0 Å². The van der Waals surface area contributed by atoms with Crippen LogP contribution in [-0.4, -0.2) is 73.5 Å². The summed E-state index contributed by atoms with van der Waals surface area (Å²) < 4.78 is 0. The number of amides is 2. The van der Waals surface area contributed by atoms with E-state index in [9.17, 15) is 9.59 Å². The van der Waals surface area contributed by atoms with Gasteiger partial charge in [0, 0.05) is 39.8 Å². The van der Waals surface area contributed by atoms with Gasteiger partial charge in [0.15, 0.2) is 0 Å². The number of rotatable bonds is 5. The van der Waals surface area contributed by atoms with Crippen molar-refractivity contribution in [1.82, 2.24) is 20.4 Å². The smallest absolute Gasteiger partial charge is 0.242 e. The van der Waals surface area contributed by atoms with Crippen LogP contribution in [-0.2, 0) is 9.59 Å². The molecule has 0 aliphatic carbocycles. The Labute approximate surface area is 115 Å². The summed E-state index contributed by atoms with van der Waals surface area (Å²) in [6, 6.07) is 0. The summed E-state index contributed by atoms with van der Waals surface area (Å²) in [5, 5.41) is 5.84. The first-order valence-corrected chi connectivity index (χ1v) is 6.89. The number of carbonyl (C=O) groups is 2. The zero-order valence-electron chi connectivity index (χ0n) is 12.5. The average molecular weight is 270 g/mol. The highest BCUT2D eigenvalue weighted by molar-refractivity contribution is 5.89. The molecule has 1 aliphatic rings. The molecule has 1 heterocycles. The second kappa shape index (κ2) is 6.86. The molecule has 1 fully saturated rings. The molecule has 1 rings (SSSR count). The first-order valence-electron chi connectivity index (χ1n) is 6.89. The van der Waals surface area contributed by atoms with Gasteiger partial charge in [0.1, 0.15) is 0 Å². The van der Waals surface area contributed by atoms with E-state index in [4.69, 9.17) is 0 Å². The molecule has 6 nitrogen and oxygen atoms in total. The molecule has 2 N–H and O–H groups in total. The Bertz CT molecular complexity index is 325. The van der Waals surface area contributed by atoms with Crippen LogP contribution < -0.4 is 10.6 Å². The first kappa shape index (κ1) is 15.9. The molecule has 0 bridgehead atoms. The lowest BCUT2D eigenvalue weighted by molar-refractivity contribution is -0.145. The molecule has 110 valence electrons. The Morgan fingerprint density at radius 2 is 1.89 bits per heavy atom. The Morgan fingerprint density at radius 3 is 2.37 bits per heavy atom. The van der Waals surface area contributed by atoms with E-state index in [2.05, 4.69) is 15.5 Å². The van der Waals surface area contributed by atoms with Gasteiger partial charge >= 0.3 is 0 Å². The minimum atomic E-state index is -0.563. The van der Waals surface area contributed by atoms with E-state index >= 15 is 0 Å². The van der Waals surface area contributed by atoms with Gasteiger partial charge in [-0.25, -0.2) is 0 Å². The number of piperazine rings is 1. The van der Waals surface area contributed by atoms with Gasteiger partial charge in [-0.05, 0) is 20.8 Å². The van der Waals surface area contributed by atoms with Crippen molar-refractivity contribution < 1.29 is 9.59 Å². The molecule has 0 aromatic heterocycles. The van der Waals surface area contributed by atoms with Crippen LogP contribution in [0.15, 0.2) is 0 Å². The molecule has 1 aliphatic heterocycles. The van der Waals surface area contributed by atoms with Crippen LogP contribution in [0.5, 0.6) is 0 Å². The molecular formula is C13H26N4O2. The van der Waals surface area contributed by atoms with Crippen LogP contribution in [0.1, 0.15) is 20.8 Å². The Kier molecular flexibility index (Phi) is 5.75. The lowest BCUT2D eigenvalue weighted by Gasteiger charge is -2.42. The maximum absolute atomic E-state index is 12.6. The fraction of sp³-hybridized carbons (Fsp3) is 0.846. The summed E-state index contributed by atoms with van der Waals surface area (Å²) in [6.45, 7) is 9.96. The van der Waals surface area contributed by atoms with Crippen molar-refractivity contribution in [1.29, 1.82) is 0 Å². The van der Waals surface area contributed by atoms with E-state index in [0.717, 1.165) is 26.2 Å². The van der Waals surface area contributed by atoms with Gasteiger partial charge in [-0.3, -0.25) is 14.5 Å². The molecule has 6 heteroatoms. The summed E-state index contributed by atoms with van der Waals surface area (Å²) in [5.41, 5.74) is -0.563. The van der Waals surface area contributed by atoms with Crippen LogP contribution in [0.2, 0.25) is 0 Å². The summed E-state index contributed by atoms with van der Waals surface area (Å²) in [4.78, 5) is 27.9. The molecular weight excluding hydrogens is 244 g/mol. The summed E-state index contributed by atoms with van der Waals surface area (Å²) >= 11 is 0. The fourth-order valence-electron chi connectivity index (χ4n) is 2.33. The molecule has 1 saturated heterocycles. The third kappa shape index (κ3) is 3.91. The molecule has 0 aromatic rings. The SMILES string of the molecule is CCN(CC(=O)NC)C(=O)C(C)(C)N1CCNCC1. The summed E-state index contributed by atoms with van der Waals surface area (Å²) in [6.07, 6.45) is 0. The Morgan fingerprint density at radius 1 is 1.32 bits per heavy atom. The van der Waals surface area contributed by atoms with Gasteiger partial charge in [-0.15, -0.1) is 0 Å². The van der Waals surface area contributed by atoms with Crippen molar-refractivity contribution in [3.8, 4) is 0 Å². The maximum atomic E-state index is 12.6. The number of hydrogen-bond acceptors (Lipinski definition) is 4. The van der Waals surface area contributed by atoms with Crippen LogP contribution in [0.3, 0.4) is 0 Å². The Balaban J connectivity index is 2.73. The van der Waals surface area contributed by atoms with E-state index in [1.54, 1.807) is 11.9 Å². The third-order valence-electron chi connectivity index (χ3n) is 3.71. The van der Waals surface area contributed by atoms with E-state index in [1.165, 1.54) is 0 Å². The van der Waals surface area contributed by atoms with Crippen LogP contribution in [0.4, 0.5) is 0 Å². The van der Waals surface area contributed by atoms with E-state index in [-0.39, 0.29) is 18.4 Å². The normalized spacial score (nSPS) is 17.1. The number of carbonyl (C=O) groups excluding carboxylic acids is 2. The number of nitrogens with zero attached hydrogens (tertiary/aromatic N) is 2. The molecule has 0 unspecified atom stereocenters. The zero-order chi connectivity index (χ0) is 14.5. The van der Waals surface area contributed by atoms with Crippen molar-refractivity contribution in [2.24, 2.45) is 0 Å². The summed E-state index contributed by atoms with van der Waals surface area (Å²) in [7, 11) is 1.59. The largest absolute Gasteiger partial charge is 0.358 e. The van der Waals surface area contributed by atoms with Crippen molar-refractivity contribution >= 4 is 11.8 Å². The fourth-order valence-corrected chi connectivity index (χ4v) is 2.33. The minimum Gasteiger partial charge on any atom is -0.358 e. The van der Waals surface area contributed by atoms with Gasteiger partial charge in [0.2, 0.25) is 11.8 Å². The molecule has 0 atom stereocenters. The van der Waals surface area contributed by atoms with E-state index < -0.39 is 5.54 Å². The number of hydrogen-bond donors (Lipinski definition) is 2. The molecule has 0 saturated carbocycles. The molecule has 0 spiro atoms. The molecule has 2 amide bonds. The average Bonchev–Trinajstić information content (AvgIpc) is 2.44. The predicted octanol–water partition coefficient (Wildman–Crippen LogP) is -0.735. The highest BCUT2D eigenvalue weighted by atomic mass is 16.2. The monoisotopic (exact) mass is 270 g/mol. The zero-order valence-corrected chi connectivity index (χ0v) is 12.5. The van der Waals surface area contributed by atoms with Gasteiger partial charge in [0.25, 0.3) is 0 Å². The molecule has 19 heavy (non-hydrogen) atoms. The van der Waals surface area contributed by atoms with Crippen molar-refractivity contribution in [2.45, 2.75) is 26.3 Å². The molecule has 0 aromatic carbocycles. The van der Waals surface area contributed by atoms with E-state index in [0.29, 0.717) is 6.54 Å². The highest BCUT2D eigenvalue weighted by Gasteiger charge is 2.38.